The van der Waals surface area contributed by atoms with E-state index in [2.05, 4.69) is 26.4 Å². The Kier molecular flexibility index (Phi) is 3.38. The van der Waals surface area contributed by atoms with Crippen LogP contribution in [0.1, 0.15) is 0 Å². The molecular formula is C12H20N4O2. The van der Waals surface area contributed by atoms with Gasteiger partial charge in [-0.15, -0.1) is 0 Å². The zero-order valence-electron chi connectivity index (χ0n) is 10.8. The number of nitrogens with zero attached hydrogens (tertiary/aromatic N) is 4. The molecule has 2 aliphatic heterocycles. The molecule has 0 aliphatic carbocycles. The van der Waals surface area contributed by atoms with Gasteiger partial charge in [-0.05, 0) is 0 Å². The lowest BCUT2D eigenvalue weighted by Crippen LogP contribution is -2.41. The SMILES string of the molecule is Cn1cnc(N2CCOCC2)c1N1CCOCC1. The van der Waals surface area contributed by atoms with Crippen LogP contribution in [0.5, 0.6) is 0 Å². The predicted octanol–water partition coefficient (Wildman–Crippen LogP) is 0.0933. The Morgan fingerprint density at radius 2 is 1.50 bits per heavy atom. The first-order chi connectivity index (χ1) is 8.86. The fraction of sp³-hybridized carbons (Fsp3) is 0.750. The summed E-state index contributed by atoms with van der Waals surface area (Å²) in [6, 6.07) is 0. The van der Waals surface area contributed by atoms with Crippen molar-refractivity contribution in [2.75, 3.05) is 62.4 Å². The quantitative estimate of drug-likeness (QED) is 0.746. The standard InChI is InChI=1S/C12H20N4O2/c1-14-10-13-11(15-2-6-17-7-3-15)12(14)16-4-8-18-9-5-16/h10H,2-9H2,1H3. The van der Waals surface area contributed by atoms with Crippen molar-refractivity contribution in [2.45, 2.75) is 0 Å². The lowest BCUT2D eigenvalue weighted by Gasteiger charge is -2.33. The van der Waals surface area contributed by atoms with Crippen LogP contribution in [0.4, 0.5) is 11.6 Å². The Labute approximate surface area is 107 Å². The van der Waals surface area contributed by atoms with Crippen LogP contribution in [0.25, 0.3) is 0 Å². The average molecular weight is 252 g/mol. The van der Waals surface area contributed by atoms with Gasteiger partial charge in [0.05, 0.1) is 32.8 Å². The molecule has 0 saturated carbocycles. The van der Waals surface area contributed by atoms with E-state index < -0.39 is 0 Å². The van der Waals surface area contributed by atoms with Crippen molar-refractivity contribution < 1.29 is 9.47 Å². The topological polar surface area (TPSA) is 42.8 Å². The third kappa shape index (κ3) is 2.18. The molecule has 0 aromatic carbocycles. The van der Waals surface area contributed by atoms with Crippen LogP contribution in [-0.2, 0) is 16.5 Å². The lowest BCUT2D eigenvalue weighted by atomic mass is 10.3. The minimum absolute atomic E-state index is 0.791. The van der Waals surface area contributed by atoms with Gasteiger partial charge in [0.25, 0.3) is 0 Å². The van der Waals surface area contributed by atoms with Crippen molar-refractivity contribution in [2.24, 2.45) is 7.05 Å². The monoisotopic (exact) mass is 252 g/mol. The summed E-state index contributed by atoms with van der Waals surface area (Å²) in [5.74, 6) is 2.29. The summed E-state index contributed by atoms with van der Waals surface area (Å²) in [7, 11) is 2.06. The van der Waals surface area contributed by atoms with Gasteiger partial charge >= 0.3 is 0 Å². The molecule has 0 N–H and O–H groups in total. The molecule has 6 heteroatoms. The first-order valence-corrected chi connectivity index (χ1v) is 6.53. The summed E-state index contributed by atoms with van der Waals surface area (Å²) in [6.45, 7) is 6.91. The lowest BCUT2D eigenvalue weighted by molar-refractivity contribution is 0.120. The summed E-state index contributed by atoms with van der Waals surface area (Å²) >= 11 is 0. The highest BCUT2D eigenvalue weighted by molar-refractivity contribution is 5.64. The predicted molar refractivity (Wildman–Crippen MR) is 69.3 cm³/mol. The van der Waals surface area contributed by atoms with E-state index >= 15 is 0 Å². The molecule has 0 amide bonds. The molecule has 1 aromatic rings. The number of anilines is 2. The Balaban J connectivity index is 1.85. The number of hydrogen-bond donors (Lipinski definition) is 0. The molecule has 2 fully saturated rings. The van der Waals surface area contributed by atoms with Gasteiger partial charge in [-0.25, -0.2) is 4.98 Å². The van der Waals surface area contributed by atoms with E-state index in [0.717, 1.165) is 58.4 Å². The molecule has 0 unspecified atom stereocenters. The van der Waals surface area contributed by atoms with Gasteiger partial charge in [-0.2, -0.15) is 0 Å². The minimum Gasteiger partial charge on any atom is -0.378 e. The zero-order chi connectivity index (χ0) is 12.4. The van der Waals surface area contributed by atoms with Crippen LogP contribution in [0, 0.1) is 0 Å². The Bertz CT molecular complexity index is 395. The second-order valence-electron chi connectivity index (χ2n) is 4.70. The maximum atomic E-state index is 5.42. The van der Waals surface area contributed by atoms with E-state index in [1.807, 2.05) is 6.33 Å². The molecule has 3 heterocycles. The third-order valence-electron chi connectivity index (χ3n) is 3.51. The summed E-state index contributed by atoms with van der Waals surface area (Å²) in [5.41, 5.74) is 0. The average Bonchev–Trinajstić information content (AvgIpc) is 2.83. The van der Waals surface area contributed by atoms with Crippen molar-refractivity contribution >= 4 is 11.6 Å². The maximum Gasteiger partial charge on any atom is 0.171 e. The molecule has 18 heavy (non-hydrogen) atoms. The second-order valence-corrected chi connectivity index (χ2v) is 4.70. The van der Waals surface area contributed by atoms with Crippen LogP contribution >= 0.6 is 0 Å². The fourth-order valence-electron chi connectivity index (χ4n) is 2.55. The molecule has 6 nitrogen and oxygen atoms in total. The molecule has 0 atom stereocenters. The molecule has 100 valence electrons. The third-order valence-corrected chi connectivity index (χ3v) is 3.51. The fourth-order valence-corrected chi connectivity index (χ4v) is 2.55. The highest BCUT2D eigenvalue weighted by Gasteiger charge is 2.23. The van der Waals surface area contributed by atoms with Gasteiger partial charge < -0.3 is 23.8 Å². The molecule has 0 radical (unpaired) electrons. The van der Waals surface area contributed by atoms with E-state index in [-0.39, 0.29) is 0 Å². The van der Waals surface area contributed by atoms with Crippen molar-refractivity contribution in [3.05, 3.63) is 6.33 Å². The van der Waals surface area contributed by atoms with Gasteiger partial charge in [0, 0.05) is 33.2 Å². The largest absolute Gasteiger partial charge is 0.378 e. The number of ether oxygens (including phenoxy) is 2. The van der Waals surface area contributed by atoms with Crippen LogP contribution in [-0.4, -0.2) is 62.2 Å². The molecule has 1 aromatic heterocycles. The van der Waals surface area contributed by atoms with Gasteiger partial charge in [-0.1, -0.05) is 0 Å². The molecular weight excluding hydrogens is 232 g/mol. The van der Waals surface area contributed by atoms with Gasteiger partial charge in [0.15, 0.2) is 11.6 Å². The van der Waals surface area contributed by atoms with Crippen LogP contribution in [0.15, 0.2) is 6.33 Å². The Hall–Kier alpha value is -1.27. The van der Waals surface area contributed by atoms with Crippen LogP contribution in [0.3, 0.4) is 0 Å². The van der Waals surface area contributed by atoms with Gasteiger partial charge in [0.2, 0.25) is 0 Å². The normalized spacial score (nSPS) is 21.4. The molecule has 3 rings (SSSR count). The van der Waals surface area contributed by atoms with E-state index in [4.69, 9.17) is 9.47 Å². The van der Waals surface area contributed by atoms with E-state index in [1.165, 1.54) is 5.82 Å². The molecule has 2 aliphatic rings. The number of hydrogen-bond acceptors (Lipinski definition) is 5. The summed E-state index contributed by atoms with van der Waals surface area (Å²) in [6.07, 6.45) is 1.90. The second kappa shape index (κ2) is 5.16. The smallest absolute Gasteiger partial charge is 0.171 e. The summed E-state index contributed by atoms with van der Waals surface area (Å²) in [4.78, 5) is 9.24. The van der Waals surface area contributed by atoms with Crippen molar-refractivity contribution in [1.82, 2.24) is 9.55 Å². The van der Waals surface area contributed by atoms with Crippen molar-refractivity contribution in [1.29, 1.82) is 0 Å². The Morgan fingerprint density at radius 3 is 2.11 bits per heavy atom. The van der Waals surface area contributed by atoms with E-state index in [0.29, 0.717) is 0 Å². The summed E-state index contributed by atoms with van der Waals surface area (Å²) < 4.78 is 12.9. The first-order valence-electron chi connectivity index (χ1n) is 6.53. The number of aryl methyl sites for hydroxylation is 1. The molecule has 0 spiro atoms. The zero-order valence-corrected chi connectivity index (χ0v) is 10.8. The molecule has 2 saturated heterocycles. The first kappa shape index (κ1) is 11.8. The van der Waals surface area contributed by atoms with Crippen molar-refractivity contribution in [3.63, 3.8) is 0 Å². The van der Waals surface area contributed by atoms with Crippen LogP contribution < -0.4 is 9.80 Å². The van der Waals surface area contributed by atoms with Crippen LogP contribution in [0.2, 0.25) is 0 Å². The highest BCUT2D eigenvalue weighted by atomic mass is 16.5. The van der Waals surface area contributed by atoms with Gasteiger partial charge in [0.1, 0.15) is 0 Å². The van der Waals surface area contributed by atoms with E-state index in [1.54, 1.807) is 0 Å². The number of imidazole rings is 1. The van der Waals surface area contributed by atoms with E-state index in [9.17, 15) is 0 Å². The number of aromatic nitrogens is 2. The number of morpholine rings is 2. The van der Waals surface area contributed by atoms with Gasteiger partial charge in [-0.3, -0.25) is 0 Å². The maximum absolute atomic E-state index is 5.42. The Morgan fingerprint density at radius 1 is 0.944 bits per heavy atom. The highest BCUT2D eigenvalue weighted by Crippen LogP contribution is 2.28. The molecule has 0 bridgehead atoms. The minimum atomic E-state index is 0.791. The van der Waals surface area contributed by atoms with Crippen molar-refractivity contribution in [3.8, 4) is 0 Å². The number of rotatable bonds is 2. The summed E-state index contributed by atoms with van der Waals surface area (Å²) in [5, 5.41) is 0.